The first-order chi connectivity index (χ1) is 6.88. The zero-order chi connectivity index (χ0) is 9.80. The maximum Gasteiger partial charge on any atom is 0.121 e. The molecule has 0 aromatic heterocycles. The van der Waals surface area contributed by atoms with Gasteiger partial charge in [0, 0.05) is 6.54 Å². The molecule has 0 aliphatic carbocycles. The molecule has 0 radical (unpaired) electrons. The van der Waals surface area contributed by atoms with E-state index >= 15 is 0 Å². The monoisotopic (exact) mass is 188 g/mol. The van der Waals surface area contributed by atoms with Crippen LogP contribution in [0.25, 0.3) is 0 Å². The summed E-state index contributed by atoms with van der Waals surface area (Å²) < 4.78 is 5.70. The third-order valence-electron chi connectivity index (χ3n) is 2.28. The van der Waals surface area contributed by atoms with E-state index in [-0.39, 0.29) is 6.10 Å². The molecule has 1 aliphatic rings. The van der Waals surface area contributed by atoms with Gasteiger partial charge in [0.25, 0.3) is 0 Å². The first-order valence-electron chi connectivity index (χ1n) is 4.76. The van der Waals surface area contributed by atoms with Crippen LogP contribution in [0.15, 0.2) is 24.3 Å². The lowest BCUT2D eigenvalue weighted by molar-refractivity contribution is 0.223. The van der Waals surface area contributed by atoms with E-state index in [0.717, 1.165) is 25.3 Å². The van der Waals surface area contributed by atoms with Crippen LogP contribution in [-0.4, -0.2) is 19.2 Å². The lowest BCUT2D eigenvalue weighted by atomic mass is 10.2. The molecule has 0 bridgehead atoms. The van der Waals surface area contributed by atoms with Crippen LogP contribution >= 0.6 is 0 Å². The van der Waals surface area contributed by atoms with Crippen LogP contribution in [0.1, 0.15) is 12.0 Å². The van der Waals surface area contributed by atoms with Crippen molar-refractivity contribution in [3.05, 3.63) is 29.8 Å². The second-order valence-electron chi connectivity index (χ2n) is 3.37. The fourth-order valence-corrected chi connectivity index (χ4v) is 1.56. The number of hydrogen-bond acceptors (Lipinski definition) is 3. The Morgan fingerprint density at radius 3 is 3.14 bits per heavy atom. The van der Waals surface area contributed by atoms with E-state index in [1.807, 2.05) is 12.1 Å². The molecule has 0 unspecified atom stereocenters. The first kappa shape index (κ1) is 9.04. The highest BCUT2D eigenvalue weighted by Crippen LogP contribution is 2.16. The van der Waals surface area contributed by atoms with Gasteiger partial charge in [0.2, 0.25) is 0 Å². The minimum Gasteiger partial charge on any atom is -0.489 e. The molecule has 1 saturated heterocycles. The molecule has 14 heavy (non-hydrogen) atoms. The van der Waals surface area contributed by atoms with Crippen molar-refractivity contribution in [2.24, 2.45) is 0 Å². The first-order valence-corrected chi connectivity index (χ1v) is 4.76. The summed E-state index contributed by atoms with van der Waals surface area (Å²) in [7, 11) is 0. The zero-order valence-electron chi connectivity index (χ0n) is 7.86. The van der Waals surface area contributed by atoms with Crippen molar-refractivity contribution in [1.29, 1.82) is 5.26 Å². The number of nitrogens with one attached hydrogen (secondary N) is 1. The van der Waals surface area contributed by atoms with Crippen molar-refractivity contribution >= 4 is 0 Å². The van der Waals surface area contributed by atoms with Crippen LogP contribution < -0.4 is 10.1 Å². The average molecular weight is 188 g/mol. The molecule has 3 heteroatoms. The number of ether oxygens (including phenoxy) is 1. The molecular weight excluding hydrogens is 176 g/mol. The number of rotatable bonds is 2. The highest BCUT2D eigenvalue weighted by Gasteiger charge is 2.15. The van der Waals surface area contributed by atoms with E-state index in [1.165, 1.54) is 0 Å². The minimum atomic E-state index is 0.254. The Balaban J connectivity index is 2.05. The van der Waals surface area contributed by atoms with Gasteiger partial charge in [-0.15, -0.1) is 0 Å². The normalized spacial score (nSPS) is 20.4. The third kappa shape index (κ3) is 2.04. The summed E-state index contributed by atoms with van der Waals surface area (Å²) in [6.45, 7) is 1.92. The summed E-state index contributed by atoms with van der Waals surface area (Å²) in [4.78, 5) is 0. The number of nitrogens with zero attached hydrogens (tertiary/aromatic N) is 1. The summed E-state index contributed by atoms with van der Waals surface area (Å²) in [6.07, 6.45) is 1.29. The quantitative estimate of drug-likeness (QED) is 0.760. The van der Waals surface area contributed by atoms with Gasteiger partial charge < -0.3 is 10.1 Å². The van der Waals surface area contributed by atoms with Gasteiger partial charge in [0.05, 0.1) is 11.6 Å². The Morgan fingerprint density at radius 2 is 2.43 bits per heavy atom. The lowest BCUT2D eigenvalue weighted by Gasteiger charge is -2.11. The fourth-order valence-electron chi connectivity index (χ4n) is 1.56. The Labute approximate surface area is 83.3 Å². The van der Waals surface area contributed by atoms with Crippen LogP contribution in [0.2, 0.25) is 0 Å². The summed E-state index contributed by atoms with van der Waals surface area (Å²) in [5.74, 6) is 0.790. The van der Waals surface area contributed by atoms with Gasteiger partial charge in [-0.2, -0.15) is 5.26 Å². The summed E-state index contributed by atoms with van der Waals surface area (Å²) >= 11 is 0. The number of nitriles is 1. The molecule has 1 N–H and O–H groups in total. The standard InChI is InChI=1S/C11H12N2O/c12-7-9-2-1-3-10(6-9)14-11-4-5-13-8-11/h1-3,6,11,13H,4-5,8H2/t11-/m1/s1. The Bertz CT molecular complexity index is 351. The molecular formula is C11H12N2O. The van der Waals surface area contributed by atoms with E-state index in [1.54, 1.807) is 12.1 Å². The second-order valence-corrected chi connectivity index (χ2v) is 3.37. The summed E-state index contributed by atoms with van der Waals surface area (Å²) in [6, 6.07) is 9.38. The van der Waals surface area contributed by atoms with Gasteiger partial charge >= 0.3 is 0 Å². The van der Waals surface area contributed by atoms with E-state index < -0.39 is 0 Å². The van der Waals surface area contributed by atoms with Gasteiger partial charge in [0.1, 0.15) is 11.9 Å². The summed E-state index contributed by atoms with van der Waals surface area (Å²) in [5.41, 5.74) is 0.647. The second kappa shape index (κ2) is 4.12. The van der Waals surface area contributed by atoms with Gasteiger partial charge in [-0.25, -0.2) is 0 Å². The predicted molar refractivity (Wildman–Crippen MR) is 53.1 cm³/mol. The lowest BCUT2D eigenvalue weighted by Crippen LogP contribution is -2.19. The molecule has 1 atom stereocenters. The fraction of sp³-hybridized carbons (Fsp3) is 0.364. The Morgan fingerprint density at radius 1 is 1.50 bits per heavy atom. The minimum absolute atomic E-state index is 0.254. The van der Waals surface area contributed by atoms with Crippen molar-refractivity contribution in [3.63, 3.8) is 0 Å². The van der Waals surface area contributed by atoms with E-state index in [9.17, 15) is 0 Å². The Kier molecular flexibility index (Phi) is 2.66. The van der Waals surface area contributed by atoms with Crippen molar-refractivity contribution in [2.75, 3.05) is 13.1 Å². The number of benzene rings is 1. The maximum absolute atomic E-state index is 8.70. The molecule has 0 spiro atoms. The van der Waals surface area contributed by atoms with Crippen molar-refractivity contribution < 1.29 is 4.74 Å². The molecule has 0 saturated carbocycles. The molecule has 2 rings (SSSR count). The highest BCUT2D eigenvalue weighted by molar-refractivity contribution is 5.36. The van der Waals surface area contributed by atoms with E-state index in [0.29, 0.717) is 5.56 Å². The molecule has 1 heterocycles. The molecule has 3 nitrogen and oxygen atoms in total. The highest BCUT2D eigenvalue weighted by atomic mass is 16.5. The van der Waals surface area contributed by atoms with Crippen molar-refractivity contribution in [3.8, 4) is 11.8 Å². The van der Waals surface area contributed by atoms with Crippen molar-refractivity contribution in [1.82, 2.24) is 5.32 Å². The van der Waals surface area contributed by atoms with Crippen LogP contribution in [0.4, 0.5) is 0 Å². The van der Waals surface area contributed by atoms with Gasteiger partial charge in [-0.3, -0.25) is 0 Å². The van der Waals surface area contributed by atoms with E-state index in [2.05, 4.69) is 11.4 Å². The van der Waals surface area contributed by atoms with Crippen molar-refractivity contribution in [2.45, 2.75) is 12.5 Å². The Hall–Kier alpha value is -1.53. The van der Waals surface area contributed by atoms with Crippen LogP contribution in [0.3, 0.4) is 0 Å². The predicted octanol–water partition coefficient (Wildman–Crippen LogP) is 1.30. The SMILES string of the molecule is N#Cc1cccc(O[C@@H]2CCNC2)c1. The average Bonchev–Trinajstić information content (AvgIpc) is 2.71. The third-order valence-corrected chi connectivity index (χ3v) is 2.28. The zero-order valence-corrected chi connectivity index (χ0v) is 7.86. The molecule has 1 aliphatic heterocycles. The summed E-state index contributed by atoms with van der Waals surface area (Å²) in [5, 5.41) is 11.9. The topological polar surface area (TPSA) is 45.0 Å². The molecule has 1 fully saturated rings. The molecule has 72 valence electrons. The van der Waals surface area contributed by atoms with Crippen LogP contribution in [0.5, 0.6) is 5.75 Å². The largest absolute Gasteiger partial charge is 0.489 e. The van der Waals surface area contributed by atoms with Crippen LogP contribution in [0, 0.1) is 11.3 Å². The molecule has 0 amide bonds. The number of hydrogen-bond donors (Lipinski definition) is 1. The maximum atomic E-state index is 8.70. The molecule has 1 aromatic carbocycles. The van der Waals surface area contributed by atoms with Crippen LogP contribution in [-0.2, 0) is 0 Å². The smallest absolute Gasteiger partial charge is 0.121 e. The molecule has 1 aromatic rings. The van der Waals surface area contributed by atoms with Gasteiger partial charge in [-0.05, 0) is 31.2 Å². The van der Waals surface area contributed by atoms with Gasteiger partial charge in [-0.1, -0.05) is 6.07 Å². The van der Waals surface area contributed by atoms with E-state index in [4.69, 9.17) is 10.00 Å². The van der Waals surface area contributed by atoms with Gasteiger partial charge in [0.15, 0.2) is 0 Å².